The van der Waals surface area contributed by atoms with Crippen LogP contribution >= 0.6 is 7.67 Å². The third-order valence-corrected chi connectivity index (χ3v) is 7.82. The molecule has 1 atom stereocenters. The molecule has 0 unspecified atom stereocenters. The highest BCUT2D eigenvalue weighted by molar-refractivity contribution is 7.54. The lowest BCUT2D eigenvalue weighted by Crippen LogP contribution is -2.21. The summed E-state index contributed by atoms with van der Waals surface area (Å²) in [7, 11) is -3.14. The van der Waals surface area contributed by atoms with Gasteiger partial charge >= 0.3 is 13.4 Å². The first-order valence-corrected chi connectivity index (χ1v) is 11.0. The second-order valence-electron chi connectivity index (χ2n) is 7.18. The van der Waals surface area contributed by atoms with Gasteiger partial charge in [0.05, 0.1) is 18.1 Å². The summed E-state index contributed by atoms with van der Waals surface area (Å²) in [6.07, 6.45) is 0.561. The molecule has 5 rings (SSSR count). The number of aromatic nitrogens is 1. The van der Waals surface area contributed by atoms with Gasteiger partial charge in [-0.25, -0.2) is 14.3 Å². The Balaban J connectivity index is 1.51. The van der Waals surface area contributed by atoms with Gasteiger partial charge in [0.2, 0.25) is 5.75 Å². The van der Waals surface area contributed by atoms with Crippen LogP contribution in [0.2, 0.25) is 0 Å². The van der Waals surface area contributed by atoms with Gasteiger partial charge in [0.15, 0.2) is 5.75 Å². The molecule has 0 saturated carbocycles. The van der Waals surface area contributed by atoms with Gasteiger partial charge in [-0.05, 0) is 29.3 Å². The van der Waals surface area contributed by atoms with E-state index in [2.05, 4.69) is 4.98 Å². The summed E-state index contributed by atoms with van der Waals surface area (Å²) in [5.74, 6) is -1.26. The maximum atomic E-state index is 13.9. The molecule has 0 N–H and O–H groups in total. The van der Waals surface area contributed by atoms with E-state index in [9.17, 15) is 19.1 Å². The van der Waals surface area contributed by atoms with E-state index in [0.717, 1.165) is 0 Å². The molecule has 30 heavy (non-hydrogen) atoms. The lowest BCUT2D eigenvalue weighted by molar-refractivity contribution is -0.385. The molecule has 0 radical (unpaired) electrons. The number of hydrogen-bond donors (Lipinski definition) is 0. The second-order valence-corrected chi connectivity index (χ2v) is 9.50. The predicted molar refractivity (Wildman–Crippen MR) is 102 cm³/mol. The van der Waals surface area contributed by atoms with Crippen LogP contribution in [-0.4, -0.2) is 52.0 Å². The van der Waals surface area contributed by atoms with Crippen molar-refractivity contribution >= 4 is 13.4 Å². The molecular formula is C18H18FN4O6P. The fourth-order valence-electron chi connectivity index (χ4n) is 3.37. The summed E-state index contributed by atoms with van der Waals surface area (Å²) in [4.78, 5) is 14.5. The highest BCUT2D eigenvalue weighted by atomic mass is 31.2. The number of rotatable bonds is 7. The van der Waals surface area contributed by atoms with Crippen molar-refractivity contribution in [2.45, 2.75) is 12.7 Å². The Kier molecular flexibility index (Phi) is 4.79. The molecule has 0 amide bonds. The van der Waals surface area contributed by atoms with Crippen molar-refractivity contribution in [2.75, 3.05) is 32.8 Å². The van der Waals surface area contributed by atoms with Crippen LogP contribution in [0.5, 0.6) is 11.5 Å². The lowest BCUT2D eigenvalue weighted by Gasteiger charge is -2.30. The van der Waals surface area contributed by atoms with Gasteiger partial charge in [0.25, 0.3) is 5.95 Å². The van der Waals surface area contributed by atoms with Gasteiger partial charge < -0.3 is 9.47 Å². The van der Waals surface area contributed by atoms with E-state index < -0.39 is 24.6 Å². The molecule has 3 aliphatic rings. The standard InChI is InChI=1S/C18H18FN4O6P/c19-18-15(2-1-3-20-18)28-16-9-13-12(8-14(16)23(24)25)10-27-11-17(13)29-30(26,21-4-5-21)22-6-7-22/h1-3,8-9,17H,4-7,10-11H2/t17-/m0/s1. The molecular weight excluding hydrogens is 418 g/mol. The number of fused-ring (bicyclic) bond motifs is 1. The van der Waals surface area contributed by atoms with E-state index >= 15 is 0 Å². The van der Waals surface area contributed by atoms with Crippen LogP contribution in [0.3, 0.4) is 0 Å². The zero-order valence-corrected chi connectivity index (χ0v) is 16.7. The van der Waals surface area contributed by atoms with Crippen molar-refractivity contribution in [3.63, 3.8) is 0 Å². The van der Waals surface area contributed by atoms with Crippen molar-refractivity contribution in [3.05, 3.63) is 57.7 Å². The number of benzene rings is 1. The molecule has 3 aliphatic heterocycles. The molecule has 1 aromatic carbocycles. The molecule has 0 aliphatic carbocycles. The topological polar surface area (TPSA) is 107 Å². The van der Waals surface area contributed by atoms with E-state index in [4.69, 9.17) is 14.0 Å². The van der Waals surface area contributed by atoms with Crippen LogP contribution < -0.4 is 4.74 Å². The van der Waals surface area contributed by atoms with Gasteiger partial charge in [-0.15, -0.1) is 0 Å². The minimum Gasteiger partial charge on any atom is -0.445 e. The molecule has 158 valence electrons. The summed E-state index contributed by atoms with van der Waals surface area (Å²) in [5, 5.41) is 11.6. The fraction of sp³-hybridized carbons (Fsp3) is 0.389. The van der Waals surface area contributed by atoms with E-state index in [-0.39, 0.29) is 30.4 Å². The summed E-state index contributed by atoms with van der Waals surface area (Å²) in [6, 6.07) is 5.57. The van der Waals surface area contributed by atoms with Gasteiger partial charge in [-0.2, -0.15) is 4.39 Å². The Labute approximate surface area is 170 Å². The lowest BCUT2D eigenvalue weighted by atomic mass is 9.99. The molecule has 2 saturated heterocycles. The Morgan fingerprint density at radius 2 is 1.97 bits per heavy atom. The zero-order chi connectivity index (χ0) is 20.9. The zero-order valence-electron chi connectivity index (χ0n) is 15.8. The molecule has 12 heteroatoms. The molecule has 0 spiro atoms. The number of nitrogens with zero attached hydrogens (tertiary/aromatic N) is 4. The predicted octanol–water partition coefficient (Wildman–Crippen LogP) is 3.25. The van der Waals surface area contributed by atoms with Gasteiger partial charge in [-0.1, -0.05) is 0 Å². The van der Waals surface area contributed by atoms with Crippen LogP contribution in [0.1, 0.15) is 17.2 Å². The molecule has 10 nitrogen and oxygen atoms in total. The number of halogens is 1. The van der Waals surface area contributed by atoms with Crippen molar-refractivity contribution in [1.29, 1.82) is 0 Å². The van der Waals surface area contributed by atoms with E-state index in [1.807, 2.05) is 0 Å². The molecule has 2 fully saturated rings. The third kappa shape index (κ3) is 3.59. The van der Waals surface area contributed by atoms with Crippen LogP contribution in [0.4, 0.5) is 10.1 Å². The summed E-state index contributed by atoms with van der Waals surface area (Å²) >= 11 is 0. The van der Waals surface area contributed by atoms with Crippen LogP contribution in [0, 0.1) is 16.1 Å². The minimum atomic E-state index is -3.14. The number of ether oxygens (including phenoxy) is 2. The van der Waals surface area contributed by atoms with Crippen LogP contribution in [0.15, 0.2) is 30.5 Å². The monoisotopic (exact) mass is 436 g/mol. The molecule has 4 heterocycles. The van der Waals surface area contributed by atoms with Crippen molar-refractivity contribution in [1.82, 2.24) is 14.3 Å². The average molecular weight is 436 g/mol. The van der Waals surface area contributed by atoms with Gasteiger partial charge in [-0.3, -0.25) is 19.2 Å². The normalized spacial score (nSPS) is 21.2. The maximum Gasteiger partial charge on any atom is 0.346 e. The SMILES string of the molecule is O=[N+]([O-])c1cc2c(cc1Oc1cccnc1F)[C@@H](OP(=O)(N1CC1)N1CC1)COC2. The Morgan fingerprint density at radius 3 is 2.60 bits per heavy atom. The summed E-state index contributed by atoms with van der Waals surface area (Å²) in [5.41, 5.74) is 0.788. The Bertz CT molecular complexity index is 1040. The third-order valence-electron chi connectivity index (χ3n) is 5.06. The average Bonchev–Trinajstić information content (AvgIpc) is 3.62. The fourth-order valence-corrected chi connectivity index (χ4v) is 5.69. The number of nitro benzene ring substituents is 1. The highest BCUT2D eigenvalue weighted by Gasteiger charge is 2.51. The largest absolute Gasteiger partial charge is 0.445 e. The first-order valence-electron chi connectivity index (χ1n) is 9.42. The maximum absolute atomic E-state index is 13.9. The first kappa shape index (κ1) is 19.5. The molecule has 0 bridgehead atoms. The van der Waals surface area contributed by atoms with Crippen molar-refractivity contribution in [3.8, 4) is 11.5 Å². The Morgan fingerprint density at radius 1 is 1.23 bits per heavy atom. The molecule has 2 aromatic rings. The smallest absolute Gasteiger partial charge is 0.346 e. The Hall–Kier alpha value is -2.43. The first-order chi connectivity index (χ1) is 14.5. The van der Waals surface area contributed by atoms with Gasteiger partial charge in [0, 0.05) is 38.4 Å². The van der Waals surface area contributed by atoms with Crippen molar-refractivity contribution in [2.24, 2.45) is 0 Å². The van der Waals surface area contributed by atoms with Gasteiger partial charge in [0.1, 0.15) is 6.10 Å². The van der Waals surface area contributed by atoms with E-state index in [0.29, 0.717) is 37.3 Å². The van der Waals surface area contributed by atoms with Crippen molar-refractivity contribution < 1.29 is 27.9 Å². The number of nitro groups is 1. The minimum absolute atomic E-state index is 0.144. The van der Waals surface area contributed by atoms with Crippen LogP contribution in [-0.2, 0) is 20.4 Å². The van der Waals surface area contributed by atoms with E-state index in [1.54, 1.807) is 9.34 Å². The molecule has 1 aromatic heterocycles. The second kappa shape index (κ2) is 7.36. The van der Waals surface area contributed by atoms with E-state index in [1.165, 1.54) is 30.5 Å². The number of hydrogen-bond acceptors (Lipinski definition) is 7. The van der Waals surface area contributed by atoms with Crippen LogP contribution in [0.25, 0.3) is 0 Å². The quantitative estimate of drug-likeness (QED) is 0.213. The summed E-state index contributed by atoms with van der Waals surface area (Å²) < 4.78 is 48.0. The highest BCUT2D eigenvalue weighted by Crippen LogP contribution is 2.63. The summed E-state index contributed by atoms with van der Waals surface area (Å²) in [6.45, 7) is 3.09. The number of pyridine rings is 1.